The van der Waals surface area contributed by atoms with Crippen molar-refractivity contribution in [2.75, 3.05) is 7.05 Å². The molecule has 19 heavy (non-hydrogen) atoms. The average molecular weight is 257 g/mol. The van der Waals surface area contributed by atoms with Crippen LogP contribution in [-0.4, -0.2) is 7.05 Å². The first-order valence-corrected chi connectivity index (χ1v) is 7.54. The zero-order valence-corrected chi connectivity index (χ0v) is 12.8. The molecule has 1 aliphatic carbocycles. The molecule has 1 atom stereocenters. The highest BCUT2D eigenvalue weighted by molar-refractivity contribution is 5.38. The van der Waals surface area contributed by atoms with Crippen LogP contribution in [0.15, 0.2) is 23.8 Å². The zero-order chi connectivity index (χ0) is 13.8. The minimum absolute atomic E-state index is 0.462. The highest BCUT2D eigenvalue weighted by Crippen LogP contribution is 2.30. The smallest absolute Gasteiger partial charge is 0.0357 e. The molecule has 1 unspecified atom stereocenters. The lowest BCUT2D eigenvalue weighted by Gasteiger charge is -2.23. The normalized spacial score (nSPS) is 17.2. The molecule has 1 aromatic carbocycles. The molecular formula is C18H27N. The predicted octanol–water partition coefficient (Wildman–Crippen LogP) is 4.76. The van der Waals surface area contributed by atoms with Gasteiger partial charge in [0.2, 0.25) is 0 Å². The minimum Gasteiger partial charge on any atom is -0.313 e. The molecule has 1 aromatic rings. The van der Waals surface area contributed by atoms with Gasteiger partial charge in [0.15, 0.2) is 0 Å². The number of hydrogen-bond acceptors (Lipinski definition) is 1. The summed E-state index contributed by atoms with van der Waals surface area (Å²) in [6, 6.07) is 5.16. The second-order valence-electron chi connectivity index (χ2n) is 5.95. The van der Waals surface area contributed by atoms with E-state index in [1.54, 1.807) is 5.57 Å². The van der Waals surface area contributed by atoms with Crippen molar-refractivity contribution >= 4 is 0 Å². The Morgan fingerprint density at radius 3 is 2.42 bits per heavy atom. The first-order chi connectivity index (χ1) is 9.11. The molecule has 0 aliphatic heterocycles. The lowest BCUT2D eigenvalue weighted by atomic mass is 9.88. The van der Waals surface area contributed by atoms with Crippen LogP contribution in [0.4, 0.5) is 0 Å². The maximum atomic E-state index is 3.51. The molecule has 0 aromatic heterocycles. The largest absolute Gasteiger partial charge is 0.313 e. The third-order valence-corrected chi connectivity index (χ3v) is 4.46. The Bertz CT molecular complexity index is 471. The van der Waals surface area contributed by atoms with Crippen molar-refractivity contribution in [2.45, 2.75) is 58.9 Å². The van der Waals surface area contributed by atoms with Gasteiger partial charge in [0.25, 0.3) is 0 Å². The fraction of sp³-hybridized carbons (Fsp3) is 0.556. The maximum absolute atomic E-state index is 3.51. The van der Waals surface area contributed by atoms with E-state index in [9.17, 15) is 0 Å². The summed E-state index contributed by atoms with van der Waals surface area (Å²) in [5, 5.41) is 3.51. The van der Waals surface area contributed by atoms with Gasteiger partial charge in [-0.25, -0.2) is 0 Å². The van der Waals surface area contributed by atoms with Gasteiger partial charge in [0.05, 0.1) is 0 Å². The molecule has 0 heterocycles. The summed E-state index contributed by atoms with van der Waals surface area (Å²) in [4.78, 5) is 0. The van der Waals surface area contributed by atoms with E-state index in [0.717, 1.165) is 0 Å². The van der Waals surface area contributed by atoms with E-state index in [2.05, 4.69) is 51.3 Å². The third kappa shape index (κ3) is 3.48. The van der Waals surface area contributed by atoms with Crippen LogP contribution in [-0.2, 0) is 0 Å². The highest BCUT2D eigenvalue weighted by atomic mass is 14.9. The number of rotatable bonds is 4. The standard InChI is InChI=1S/C18H27N/c1-13-10-15(3)17(11-14(13)2)18(19-4)12-16-8-6-5-7-9-16/h8,10-11,18-19H,5-7,9,12H2,1-4H3. The summed E-state index contributed by atoms with van der Waals surface area (Å²) in [7, 11) is 2.09. The summed E-state index contributed by atoms with van der Waals surface area (Å²) in [6.07, 6.45) is 8.94. The van der Waals surface area contributed by atoms with E-state index < -0.39 is 0 Å². The van der Waals surface area contributed by atoms with Gasteiger partial charge in [0, 0.05) is 6.04 Å². The van der Waals surface area contributed by atoms with E-state index in [-0.39, 0.29) is 0 Å². The van der Waals surface area contributed by atoms with Gasteiger partial charge in [0.1, 0.15) is 0 Å². The Morgan fingerprint density at radius 2 is 1.79 bits per heavy atom. The third-order valence-electron chi connectivity index (χ3n) is 4.46. The molecule has 0 fully saturated rings. The number of allylic oxidation sites excluding steroid dienone is 1. The van der Waals surface area contributed by atoms with Crippen LogP contribution in [0.25, 0.3) is 0 Å². The van der Waals surface area contributed by atoms with Gasteiger partial charge in [-0.2, -0.15) is 0 Å². The van der Waals surface area contributed by atoms with Crippen molar-refractivity contribution in [3.05, 3.63) is 46.0 Å². The van der Waals surface area contributed by atoms with Gasteiger partial charge in [-0.15, -0.1) is 0 Å². The van der Waals surface area contributed by atoms with Crippen LogP contribution in [0, 0.1) is 20.8 Å². The Kier molecular flexibility index (Phi) is 4.81. The van der Waals surface area contributed by atoms with Crippen molar-refractivity contribution in [3.63, 3.8) is 0 Å². The van der Waals surface area contributed by atoms with Crippen LogP contribution in [0.1, 0.15) is 60.4 Å². The molecule has 1 N–H and O–H groups in total. The monoisotopic (exact) mass is 257 g/mol. The molecule has 1 aliphatic rings. The second-order valence-corrected chi connectivity index (χ2v) is 5.95. The Morgan fingerprint density at radius 1 is 1.05 bits per heavy atom. The average Bonchev–Trinajstić information content (AvgIpc) is 2.42. The van der Waals surface area contributed by atoms with Crippen molar-refractivity contribution in [1.29, 1.82) is 0 Å². The molecule has 0 bridgehead atoms. The van der Waals surface area contributed by atoms with Crippen LogP contribution in [0.2, 0.25) is 0 Å². The fourth-order valence-electron chi connectivity index (χ4n) is 3.08. The molecule has 2 rings (SSSR count). The van der Waals surface area contributed by atoms with E-state index >= 15 is 0 Å². The molecule has 104 valence electrons. The number of nitrogens with one attached hydrogen (secondary N) is 1. The van der Waals surface area contributed by atoms with Crippen molar-refractivity contribution in [2.24, 2.45) is 0 Å². The van der Waals surface area contributed by atoms with Crippen molar-refractivity contribution in [1.82, 2.24) is 5.32 Å². The van der Waals surface area contributed by atoms with Crippen LogP contribution in [0.5, 0.6) is 0 Å². The SMILES string of the molecule is CNC(CC1=CCCCC1)c1cc(C)c(C)cc1C. The predicted molar refractivity (Wildman–Crippen MR) is 83.6 cm³/mol. The fourth-order valence-corrected chi connectivity index (χ4v) is 3.08. The highest BCUT2D eigenvalue weighted by Gasteiger charge is 2.16. The van der Waals surface area contributed by atoms with E-state index in [1.165, 1.54) is 54.4 Å². The Labute approximate surface area is 118 Å². The Balaban J connectivity index is 2.21. The molecule has 0 radical (unpaired) electrons. The molecule has 0 saturated heterocycles. The topological polar surface area (TPSA) is 12.0 Å². The van der Waals surface area contributed by atoms with Gasteiger partial charge < -0.3 is 5.32 Å². The van der Waals surface area contributed by atoms with Gasteiger partial charge in [-0.1, -0.05) is 23.8 Å². The summed E-state index contributed by atoms with van der Waals surface area (Å²) < 4.78 is 0. The summed E-state index contributed by atoms with van der Waals surface area (Å²) >= 11 is 0. The zero-order valence-electron chi connectivity index (χ0n) is 12.8. The van der Waals surface area contributed by atoms with Gasteiger partial charge in [-0.05, 0) is 82.2 Å². The summed E-state index contributed by atoms with van der Waals surface area (Å²) in [6.45, 7) is 6.65. The lowest BCUT2D eigenvalue weighted by molar-refractivity contribution is 0.556. The summed E-state index contributed by atoms with van der Waals surface area (Å²) in [5.41, 5.74) is 7.32. The maximum Gasteiger partial charge on any atom is 0.0357 e. The van der Waals surface area contributed by atoms with Crippen LogP contribution < -0.4 is 5.32 Å². The van der Waals surface area contributed by atoms with E-state index in [1.807, 2.05) is 0 Å². The van der Waals surface area contributed by atoms with E-state index in [4.69, 9.17) is 0 Å². The molecule has 0 spiro atoms. The molecule has 0 saturated carbocycles. The molecule has 0 amide bonds. The first-order valence-electron chi connectivity index (χ1n) is 7.54. The summed E-state index contributed by atoms with van der Waals surface area (Å²) in [5.74, 6) is 0. The van der Waals surface area contributed by atoms with Crippen LogP contribution in [0.3, 0.4) is 0 Å². The number of hydrogen-bond donors (Lipinski definition) is 1. The quantitative estimate of drug-likeness (QED) is 0.767. The molecular weight excluding hydrogens is 230 g/mol. The lowest BCUT2D eigenvalue weighted by Crippen LogP contribution is -2.19. The minimum atomic E-state index is 0.462. The number of benzene rings is 1. The van der Waals surface area contributed by atoms with Crippen LogP contribution >= 0.6 is 0 Å². The molecule has 1 heteroatoms. The van der Waals surface area contributed by atoms with E-state index in [0.29, 0.717) is 6.04 Å². The van der Waals surface area contributed by atoms with Gasteiger partial charge in [-0.3, -0.25) is 0 Å². The number of aryl methyl sites for hydroxylation is 3. The Hall–Kier alpha value is -1.08. The molecule has 1 nitrogen and oxygen atoms in total. The second kappa shape index (κ2) is 6.38. The van der Waals surface area contributed by atoms with Gasteiger partial charge >= 0.3 is 0 Å². The first kappa shape index (κ1) is 14.3. The van der Waals surface area contributed by atoms with Crippen molar-refractivity contribution in [3.8, 4) is 0 Å². The van der Waals surface area contributed by atoms with Crippen molar-refractivity contribution < 1.29 is 0 Å².